The van der Waals surface area contributed by atoms with Crippen molar-refractivity contribution in [2.24, 2.45) is 0 Å². The minimum Gasteiger partial charge on any atom is -0.496 e. The lowest BCUT2D eigenvalue weighted by Gasteiger charge is -2.15. The summed E-state index contributed by atoms with van der Waals surface area (Å²) in [5.74, 6) is 0.734. The van der Waals surface area contributed by atoms with Gasteiger partial charge in [0.25, 0.3) is 0 Å². The second-order valence-corrected chi connectivity index (χ2v) is 4.84. The van der Waals surface area contributed by atoms with Crippen LogP contribution in [0.15, 0.2) is 12.1 Å². The number of hydrogen-bond acceptors (Lipinski definition) is 5. The van der Waals surface area contributed by atoms with Gasteiger partial charge in [0.05, 0.1) is 19.3 Å². The number of ketones is 1. The molecular weight excluding hydrogens is 272 g/mol. The lowest BCUT2D eigenvalue weighted by Crippen LogP contribution is -2.16. The molecule has 0 spiro atoms. The van der Waals surface area contributed by atoms with Crippen molar-refractivity contribution in [3.05, 3.63) is 23.3 Å². The van der Waals surface area contributed by atoms with E-state index < -0.39 is 5.97 Å². The van der Waals surface area contributed by atoms with Gasteiger partial charge in [0, 0.05) is 12.0 Å². The molecule has 0 radical (unpaired) electrons. The van der Waals surface area contributed by atoms with Gasteiger partial charge in [-0.15, -0.1) is 0 Å². The van der Waals surface area contributed by atoms with Crippen molar-refractivity contribution in [1.82, 2.24) is 0 Å². The molecule has 5 nitrogen and oxygen atoms in total. The second kappa shape index (κ2) is 7.11. The van der Waals surface area contributed by atoms with E-state index in [1.165, 1.54) is 0 Å². The molecule has 0 unspecified atom stereocenters. The molecule has 1 aliphatic rings. The summed E-state index contributed by atoms with van der Waals surface area (Å²) in [6.07, 6.45) is 3.07. The number of fused-ring (bicyclic) bond motifs is 1. The van der Waals surface area contributed by atoms with Crippen molar-refractivity contribution in [2.45, 2.75) is 32.6 Å². The largest absolute Gasteiger partial charge is 0.496 e. The number of hydrogen-bond donors (Lipinski definition) is 0. The maximum Gasteiger partial charge on any atom is 0.344 e. The van der Waals surface area contributed by atoms with Crippen molar-refractivity contribution >= 4 is 11.8 Å². The molecule has 0 aliphatic heterocycles. The van der Waals surface area contributed by atoms with E-state index >= 15 is 0 Å². The summed E-state index contributed by atoms with van der Waals surface area (Å²) in [5, 5.41) is 0. The topological polar surface area (TPSA) is 61.8 Å². The third-order valence-corrected chi connectivity index (χ3v) is 3.46. The first-order chi connectivity index (χ1) is 10.2. The van der Waals surface area contributed by atoms with Crippen LogP contribution in [-0.2, 0) is 16.0 Å². The molecule has 0 amide bonds. The van der Waals surface area contributed by atoms with Gasteiger partial charge in [0.1, 0.15) is 11.5 Å². The standard InChI is InChI=1S/C16H20O5/c1-3-20-15(18)10-21-14-9-8-13(19-2)11-6-4-5-7-12(17)16(11)14/h8-9H,3-7,10H2,1-2H3. The lowest BCUT2D eigenvalue weighted by molar-refractivity contribution is -0.145. The van der Waals surface area contributed by atoms with Crippen LogP contribution in [-0.4, -0.2) is 32.1 Å². The predicted molar refractivity (Wildman–Crippen MR) is 77.0 cm³/mol. The molecule has 0 N–H and O–H groups in total. The van der Waals surface area contributed by atoms with Gasteiger partial charge >= 0.3 is 5.97 Å². The first-order valence-corrected chi connectivity index (χ1v) is 7.18. The molecule has 1 aromatic rings. The van der Waals surface area contributed by atoms with E-state index in [2.05, 4.69) is 0 Å². The average molecular weight is 292 g/mol. The number of benzene rings is 1. The van der Waals surface area contributed by atoms with Crippen LogP contribution in [0.1, 0.15) is 42.1 Å². The summed E-state index contributed by atoms with van der Waals surface area (Å²) >= 11 is 0. The molecule has 1 aromatic carbocycles. The number of carbonyl (C=O) groups excluding carboxylic acids is 2. The molecule has 21 heavy (non-hydrogen) atoms. The Bertz CT molecular complexity index is 536. The molecule has 5 heteroatoms. The summed E-state index contributed by atoms with van der Waals surface area (Å²) in [6, 6.07) is 3.46. The van der Waals surface area contributed by atoms with Gasteiger partial charge in [-0.3, -0.25) is 4.79 Å². The quantitative estimate of drug-likeness (QED) is 0.616. The van der Waals surface area contributed by atoms with Gasteiger partial charge in [0.2, 0.25) is 0 Å². The summed E-state index contributed by atoms with van der Waals surface area (Å²) in [5.41, 5.74) is 1.43. The normalized spacial score (nSPS) is 14.1. The predicted octanol–water partition coefficient (Wildman–Crippen LogP) is 2.55. The van der Waals surface area contributed by atoms with Crippen LogP contribution in [0.25, 0.3) is 0 Å². The summed E-state index contributed by atoms with van der Waals surface area (Å²) in [4.78, 5) is 23.7. The third kappa shape index (κ3) is 3.54. The van der Waals surface area contributed by atoms with E-state index in [4.69, 9.17) is 14.2 Å². The first-order valence-electron chi connectivity index (χ1n) is 7.18. The van der Waals surface area contributed by atoms with Crippen LogP contribution in [0, 0.1) is 0 Å². The molecule has 0 atom stereocenters. The molecular formula is C16H20O5. The SMILES string of the molecule is CCOC(=O)COc1ccc(OC)c2c1C(=O)CCCC2. The van der Waals surface area contributed by atoms with Crippen molar-refractivity contribution < 1.29 is 23.8 Å². The Balaban J connectivity index is 2.29. The zero-order chi connectivity index (χ0) is 15.2. The van der Waals surface area contributed by atoms with Crippen molar-refractivity contribution in [3.8, 4) is 11.5 Å². The van der Waals surface area contributed by atoms with E-state index in [-0.39, 0.29) is 12.4 Å². The van der Waals surface area contributed by atoms with Crippen LogP contribution in [0.5, 0.6) is 11.5 Å². The van der Waals surface area contributed by atoms with E-state index in [0.717, 1.165) is 24.8 Å². The first kappa shape index (κ1) is 15.4. The number of carbonyl (C=O) groups is 2. The maximum atomic E-state index is 12.3. The summed E-state index contributed by atoms with van der Waals surface area (Å²) in [7, 11) is 1.59. The molecule has 0 saturated carbocycles. The zero-order valence-electron chi connectivity index (χ0n) is 12.4. The highest BCUT2D eigenvalue weighted by Crippen LogP contribution is 2.35. The van der Waals surface area contributed by atoms with Crippen molar-refractivity contribution in [3.63, 3.8) is 0 Å². The number of ether oxygens (including phenoxy) is 3. The van der Waals surface area contributed by atoms with Gasteiger partial charge in [-0.05, 0) is 38.3 Å². The highest BCUT2D eigenvalue weighted by molar-refractivity contribution is 6.01. The van der Waals surface area contributed by atoms with Gasteiger partial charge in [-0.2, -0.15) is 0 Å². The van der Waals surface area contributed by atoms with Crippen LogP contribution < -0.4 is 9.47 Å². The van der Waals surface area contributed by atoms with E-state index in [1.54, 1.807) is 26.2 Å². The number of methoxy groups -OCH3 is 1. The number of rotatable bonds is 5. The molecule has 2 rings (SSSR count). The van der Waals surface area contributed by atoms with Gasteiger partial charge in [-0.25, -0.2) is 4.79 Å². The molecule has 114 valence electrons. The fourth-order valence-corrected chi connectivity index (χ4v) is 2.52. The Kier molecular flexibility index (Phi) is 5.20. The monoisotopic (exact) mass is 292 g/mol. The van der Waals surface area contributed by atoms with Crippen molar-refractivity contribution in [1.29, 1.82) is 0 Å². The van der Waals surface area contributed by atoms with E-state index in [9.17, 15) is 9.59 Å². The van der Waals surface area contributed by atoms with Crippen LogP contribution in [0.2, 0.25) is 0 Å². The van der Waals surface area contributed by atoms with Crippen LogP contribution in [0.4, 0.5) is 0 Å². The highest BCUT2D eigenvalue weighted by Gasteiger charge is 2.24. The summed E-state index contributed by atoms with van der Waals surface area (Å²) in [6.45, 7) is 1.85. The third-order valence-electron chi connectivity index (χ3n) is 3.46. The molecule has 0 fully saturated rings. The zero-order valence-corrected chi connectivity index (χ0v) is 12.4. The van der Waals surface area contributed by atoms with Crippen molar-refractivity contribution in [2.75, 3.05) is 20.3 Å². The molecule has 1 aliphatic carbocycles. The minimum atomic E-state index is -0.442. The summed E-state index contributed by atoms with van der Waals surface area (Å²) < 4.78 is 15.7. The Hall–Kier alpha value is -2.04. The average Bonchev–Trinajstić information content (AvgIpc) is 2.68. The van der Waals surface area contributed by atoms with E-state index in [1.807, 2.05) is 0 Å². The highest BCUT2D eigenvalue weighted by atomic mass is 16.6. The van der Waals surface area contributed by atoms with Crippen LogP contribution >= 0.6 is 0 Å². The Morgan fingerprint density at radius 1 is 1.19 bits per heavy atom. The molecule has 0 heterocycles. The fourth-order valence-electron chi connectivity index (χ4n) is 2.52. The number of Topliss-reactive ketones (excluding diaryl/α,β-unsaturated/α-hetero) is 1. The van der Waals surface area contributed by atoms with Crippen LogP contribution in [0.3, 0.4) is 0 Å². The smallest absolute Gasteiger partial charge is 0.344 e. The maximum absolute atomic E-state index is 12.3. The molecule has 0 bridgehead atoms. The second-order valence-electron chi connectivity index (χ2n) is 4.84. The fraction of sp³-hybridized carbons (Fsp3) is 0.500. The van der Waals surface area contributed by atoms with E-state index in [0.29, 0.717) is 30.1 Å². The molecule has 0 saturated heterocycles. The Morgan fingerprint density at radius 2 is 1.90 bits per heavy atom. The lowest BCUT2D eigenvalue weighted by atomic mass is 10.00. The van der Waals surface area contributed by atoms with Gasteiger partial charge in [0.15, 0.2) is 12.4 Å². The number of esters is 1. The van der Waals surface area contributed by atoms with Gasteiger partial charge < -0.3 is 14.2 Å². The molecule has 0 aromatic heterocycles. The Morgan fingerprint density at radius 3 is 2.62 bits per heavy atom. The Labute approximate surface area is 124 Å². The van der Waals surface area contributed by atoms with Gasteiger partial charge in [-0.1, -0.05) is 0 Å². The minimum absolute atomic E-state index is 0.0419.